The van der Waals surface area contributed by atoms with E-state index in [1.807, 2.05) is 43.1 Å². The summed E-state index contributed by atoms with van der Waals surface area (Å²) in [6.07, 6.45) is 0. The van der Waals surface area contributed by atoms with Crippen molar-refractivity contribution in [3.63, 3.8) is 0 Å². The summed E-state index contributed by atoms with van der Waals surface area (Å²) in [5, 5.41) is 3.68. The van der Waals surface area contributed by atoms with Crippen LogP contribution in [0.1, 0.15) is 20.8 Å². The lowest BCUT2D eigenvalue weighted by Gasteiger charge is -2.32. The third-order valence-corrected chi connectivity index (χ3v) is 2.95. The summed E-state index contributed by atoms with van der Waals surface area (Å²) in [7, 11) is 1.64. The highest BCUT2D eigenvalue weighted by atomic mass is 16.5. The third kappa shape index (κ3) is 4.51. The van der Waals surface area contributed by atoms with Crippen molar-refractivity contribution in [1.82, 2.24) is 5.01 Å². The molecule has 5 nitrogen and oxygen atoms in total. The van der Waals surface area contributed by atoms with Gasteiger partial charge in [0.2, 0.25) is 5.91 Å². The molecule has 0 heterocycles. The molecule has 0 bridgehead atoms. The number of carbonyl (C=O) groups is 1. The number of rotatable bonds is 8. The Labute approximate surface area is 121 Å². The Hall–Kier alpha value is -1.59. The lowest BCUT2D eigenvalue weighted by molar-refractivity contribution is -0.119. The first-order valence-electron chi connectivity index (χ1n) is 6.91. The largest absolute Gasteiger partial charge is 0.491 e. The maximum Gasteiger partial charge on any atom is 0.238 e. The van der Waals surface area contributed by atoms with E-state index in [1.54, 1.807) is 19.0 Å². The van der Waals surface area contributed by atoms with Crippen molar-refractivity contribution < 1.29 is 14.3 Å². The number of hydrogen-bond acceptors (Lipinski definition) is 4. The van der Waals surface area contributed by atoms with Crippen molar-refractivity contribution in [2.45, 2.75) is 20.8 Å². The summed E-state index contributed by atoms with van der Waals surface area (Å²) in [5.41, 5.74) is 0.847. The second-order valence-electron chi connectivity index (χ2n) is 4.30. The monoisotopic (exact) mass is 280 g/mol. The summed E-state index contributed by atoms with van der Waals surface area (Å²) in [5.74, 6) is 0.774. The molecule has 1 aromatic rings. The minimum Gasteiger partial charge on any atom is -0.491 e. The molecule has 0 N–H and O–H groups in total. The fourth-order valence-corrected chi connectivity index (χ4v) is 1.98. The molecule has 0 aliphatic heterocycles. The van der Waals surface area contributed by atoms with E-state index in [4.69, 9.17) is 9.47 Å². The van der Waals surface area contributed by atoms with Gasteiger partial charge in [-0.05, 0) is 24.3 Å². The summed E-state index contributed by atoms with van der Waals surface area (Å²) in [6, 6.07) is 7.51. The normalized spacial score (nSPS) is 10.7. The highest BCUT2D eigenvalue weighted by Crippen LogP contribution is 2.21. The molecule has 0 unspecified atom stereocenters. The van der Waals surface area contributed by atoms with Gasteiger partial charge in [0.05, 0.1) is 12.3 Å². The zero-order valence-electron chi connectivity index (χ0n) is 12.8. The van der Waals surface area contributed by atoms with Gasteiger partial charge in [0, 0.05) is 27.1 Å². The molecule has 0 aliphatic carbocycles. The quantitative estimate of drug-likeness (QED) is 0.541. The van der Waals surface area contributed by atoms with E-state index in [1.165, 1.54) is 0 Å². The highest BCUT2D eigenvalue weighted by Gasteiger charge is 2.17. The van der Waals surface area contributed by atoms with Gasteiger partial charge in [0.1, 0.15) is 12.4 Å². The third-order valence-electron chi connectivity index (χ3n) is 2.95. The van der Waals surface area contributed by atoms with E-state index < -0.39 is 0 Å². The number of ether oxygens (including phenoxy) is 2. The fourth-order valence-electron chi connectivity index (χ4n) is 1.98. The van der Waals surface area contributed by atoms with Gasteiger partial charge in [-0.25, -0.2) is 10.0 Å². The van der Waals surface area contributed by atoms with E-state index in [0.717, 1.165) is 24.5 Å². The second-order valence-corrected chi connectivity index (χ2v) is 4.30. The summed E-state index contributed by atoms with van der Waals surface area (Å²) in [4.78, 5) is 11.8. The fraction of sp³-hybridized carbons (Fsp3) is 0.533. The van der Waals surface area contributed by atoms with Crippen LogP contribution in [0.5, 0.6) is 5.75 Å². The molecule has 112 valence electrons. The predicted molar refractivity (Wildman–Crippen MR) is 79.9 cm³/mol. The van der Waals surface area contributed by atoms with Gasteiger partial charge in [0.25, 0.3) is 0 Å². The molecule has 0 fully saturated rings. The molecule has 0 atom stereocenters. The van der Waals surface area contributed by atoms with E-state index in [9.17, 15) is 4.79 Å². The van der Waals surface area contributed by atoms with Crippen LogP contribution < -0.4 is 9.75 Å². The first-order chi connectivity index (χ1) is 9.63. The Bertz CT molecular complexity index is 402. The number of amides is 1. The van der Waals surface area contributed by atoms with Crippen LogP contribution in [0.15, 0.2) is 24.3 Å². The number of hydrogen-bond donors (Lipinski definition) is 0. The van der Waals surface area contributed by atoms with Gasteiger partial charge in [-0.1, -0.05) is 13.8 Å². The van der Waals surface area contributed by atoms with Gasteiger partial charge in [-0.3, -0.25) is 4.79 Å². The Morgan fingerprint density at radius 1 is 1.10 bits per heavy atom. The lowest BCUT2D eigenvalue weighted by Crippen LogP contribution is -2.45. The first kappa shape index (κ1) is 16.5. The van der Waals surface area contributed by atoms with Crippen LogP contribution >= 0.6 is 0 Å². The second kappa shape index (κ2) is 8.55. The maximum atomic E-state index is 11.8. The van der Waals surface area contributed by atoms with Crippen LogP contribution in [0.3, 0.4) is 0 Å². The smallest absolute Gasteiger partial charge is 0.238 e. The molecule has 20 heavy (non-hydrogen) atoms. The lowest BCUT2D eigenvalue weighted by atomic mass is 10.3. The standard InChI is InChI=1S/C15H24N2O3/c1-5-16(6-2)17(13(3)18)14-7-9-15(10-8-14)20-12-11-19-4/h7-10H,5-6,11-12H2,1-4H3. The zero-order valence-corrected chi connectivity index (χ0v) is 12.8. The number of benzene rings is 1. The number of anilines is 1. The van der Waals surface area contributed by atoms with Crippen LogP contribution in [-0.4, -0.2) is 44.3 Å². The van der Waals surface area contributed by atoms with Crippen molar-refractivity contribution in [3.8, 4) is 5.75 Å². The highest BCUT2D eigenvalue weighted by molar-refractivity contribution is 5.90. The van der Waals surface area contributed by atoms with Gasteiger partial charge in [0.15, 0.2) is 0 Å². The summed E-state index contributed by atoms with van der Waals surface area (Å²) in [6.45, 7) is 8.26. The molecule has 0 aromatic heterocycles. The van der Waals surface area contributed by atoms with Gasteiger partial charge < -0.3 is 9.47 Å². The van der Waals surface area contributed by atoms with E-state index in [0.29, 0.717) is 13.2 Å². The van der Waals surface area contributed by atoms with E-state index in [-0.39, 0.29) is 5.91 Å². The SMILES string of the molecule is CCN(CC)N(C(C)=O)c1ccc(OCCOC)cc1. The van der Waals surface area contributed by atoms with Gasteiger partial charge in [-0.2, -0.15) is 0 Å². The molecule has 0 spiro atoms. The molecular weight excluding hydrogens is 256 g/mol. The van der Waals surface area contributed by atoms with Crippen molar-refractivity contribution in [2.75, 3.05) is 38.4 Å². The Kier molecular flexibility index (Phi) is 7.04. The minimum absolute atomic E-state index is 0.00162. The molecular formula is C15H24N2O3. The van der Waals surface area contributed by atoms with Crippen LogP contribution in [-0.2, 0) is 9.53 Å². The zero-order chi connectivity index (χ0) is 15.0. The molecule has 0 aliphatic rings. The first-order valence-corrected chi connectivity index (χ1v) is 6.91. The molecule has 5 heteroatoms. The maximum absolute atomic E-state index is 11.8. The Morgan fingerprint density at radius 3 is 2.15 bits per heavy atom. The number of methoxy groups -OCH3 is 1. The van der Waals surface area contributed by atoms with Crippen LogP contribution in [0.4, 0.5) is 5.69 Å². The predicted octanol–water partition coefficient (Wildman–Crippen LogP) is 2.32. The summed E-state index contributed by atoms with van der Waals surface area (Å²) >= 11 is 0. The topological polar surface area (TPSA) is 42.0 Å². The van der Waals surface area contributed by atoms with Crippen LogP contribution in [0.25, 0.3) is 0 Å². The minimum atomic E-state index is 0.00162. The van der Waals surface area contributed by atoms with E-state index in [2.05, 4.69) is 0 Å². The number of hydrazine groups is 1. The molecule has 0 saturated heterocycles. The molecule has 0 radical (unpaired) electrons. The Morgan fingerprint density at radius 2 is 1.70 bits per heavy atom. The average molecular weight is 280 g/mol. The van der Waals surface area contributed by atoms with E-state index >= 15 is 0 Å². The van der Waals surface area contributed by atoms with Crippen molar-refractivity contribution in [3.05, 3.63) is 24.3 Å². The van der Waals surface area contributed by atoms with Gasteiger partial charge in [-0.15, -0.1) is 0 Å². The number of carbonyl (C=O) groups excluding carboxylic acids is 1. The van der Waals surface area contributed by atoms with Crippen LogP contribution in [0.2, 0.25) is 0 Å². The van der Waals surface area contributed by atoms with Crippen molar-refractivity contribution in [2.24, 2.45) is 0 Å². The van der Waals surface area contributed by atoms with Crippen molar-refractivity contribution >= 4 is 11.6 Å². The molecule has 1 aromatic carbocycles. The van der Waals surface area contributed by atoms with Crippen molar-refractivity contribution in [1.29, 1.82) is 0 Å². The number of nitrogens with zero attached hydrogens (tertiary/aromatic N) is 2. The molecule has 1 amide bonds. The summed E-state index contributed by atoms with van der Waals surface area (Å²) < 4.78 is 10.4. The van der Waals surface area contributed by atoms with Crippen LogP contribution in [0, 0.1) is 0 Å². The van der Waals surface area contributed by atoms with Gasteiger partial charge >= 0.3 is 0 Å². The molecule has 1 rings (SSSR count). The average Bonchev–Trinajstić information content (AvgIpc) is 2.45. The Balaban J connectivity index is 2.80. The molecule has 0 saturated carbocycles.